The van der Waals surface area contributed by atoms with E-state index >= 15 is 0 Å². The van der Waals surface area contributed by atoms with Gasteiger partial charge < -0.3 is 0 Å². The SMILES string of the molecule is CC.Cc1cccc(Cc2nnc(C)s2)c1. The number of hydrogen-bond donors (Lipinski definition) is 0. The quantitative estimate of drug-likeness (QED) is 0.790. The van der Waals surface area contributed by atoms with E-state index in [0.717, 1.165) is 16.4 Å². The van der Waals surface area contributed by atoms with Gasteiger partial charge in [0.2, 0.25) is 0 Å². The van der Waals surface area contributed by atoms with Crippen molar-refractivity contribution in [3.05, 3.63) is 45.4 Å². The first kappa shape index (κ1) is 12.8. The Balaban J connectivity index is 0.000000606. The second kappa shape index (κ2) is 6.38. The molecular formula is C13H18N2S. The minimum Gasteiger partial charge on any atom is -0.144 e. The Morgan fingerprint density at radius 3 is 2.44 bits per heavy atom. The minimum absolute atomic E-state index is 0.896. The van der Waals surface area contributed by atoms with E-state index < -0.39 is 0 Å². The highest BCUT2D eigenvalue weighted by Gasteiger charge is 2.01. The third-order valence-electron chi connectivity index (χ3n) is 2.01. The number of benzene rings is 1. The largest absolute Gasteiger partial charge is 0.144 e. The highest BCUT2D eigenvalue weighted by Crippen LogP contribution is 2.14. The van der Waals surface area contributed by atoms with E-state index in [4.69, 9.17) is 0 Å². The van der Waals surface area contributed by atoms with Crippen LogP contribution in [0.4, 0.5) is 0 Å². The molecule has 1 aromatic carbocycles. The average molecular weight is 234 g/mol. The lowest BCUT2D eigenvalue weighted by atomic mass is 10.1. The lowest BCUT2D eigenvalue weighted by molar-refractivity contribution is 0.981. The molecular weight excluding hydrogens is 216 g/mol. The summed E-state index contributed by atoms with van der Waals surface area (Å²) in [5.74, 6) is 0. The first-order valence-electron chi connectivity index (χ1n) is 5.58. The van der Waals surface area contributed by atoms with Crippen LogP contribution in [0.5, 0.6) is 0 Å². The summed E-state index contributed by atoms with van der Waals surface area (Å²) in [6.45, 7) is 8.09. The summed E-state index contributed by atoms with van der Waals surface area (Å²) in [5, 5.41) is 10.2. The third kappa shape index (κ3) is 3.74. The van der Waals surface area contributed by atoms with Gasteiger partial charge in [-0.15, -0.1) is 21.5 Å². The van der Waals surface area contributed by atoms with E-state index in [9.17, 15) is 0 Å². The van der Waals surface area contributed by atoms with Crippen LogP contribution in [0.25, 0.3) is 0 Å². The molecule has 2 aromatic rings. The molecule has 2 nitrogen and oxygen atoms in total. The lowest BCUT2D eigenvalue weighted by Gasteiger charge is -1.98. The van der Waals surface area contributed by atoms with Gasteiger partial charge in [0.05, 0.1) is 0 Å². The molecule has 0 unspecified atom stereocenters. The number of aromatic nitrogens is 2. The van der Waals surface area contributed by atoms with Gasteiger partial charge in [-0.3, -0.25) is 0 Å². The minimum atomic E-state index is 0.896. The molecule has 0 saturated carbocycles. The zero-order chi connectivity index (χ0) is 12.0. The van der Waals surface area contributed by atoms with Crippen molar-refractivity contribution in [3.63, 3.8) is 0 Å². The normalized spacial score (nSPS) is 9.50. The molecule has 0 amide bonds. The zero-order valence-corrected chi connectivity index (χ0v) is 11.1. The Morgan fingerprint density at radius 1 is 1.12 bits per heavy atom. The second-order valence-electron chi connectivity index (χ2n) is 3.38. The maximum absolute atomic E-state index is 4.11. The van der Waals surface area contributed by atoms with Gasteiger partial charge in [-0.1, -0.05) is 43.7 Å². The Bertz CT molecular complexity index is 435. The Labute approximate surface area is 101 Å². The fourth-order valence-electron chi connectivity index (χ4n) is 1.41. The molecule has 0 aliphatic carbocycles. The van der Waals surface area contributed by atoms with Crippen LogP contribution < -0.4 is 0 Å². The van der Waals surface area contributed by atoms with Crippen molar-refractivity contribution in [1.29, 1.82) is 0 Å². The summed E-state index contributed by atoms with van der Waals surface area (Å²) in [4.78, 5) is 0. The first-order valence-corrected chi connectivity index (χ1v) is 6.40. The van der Waals surface area contributed by atoms with Crippen LogP contribution in [0, 0.1) is 13.8 Å². The summed E-state index contributed by atoms with van der Waals surface area (Å²) in [6, 6.07) is 8.51. The van der Waals surface area contributed by atoms with Gasteiger partial charge in [-0.2, -0.15) is 0 Å². The predicted octanol–water partition coefficient (Wildman–Crippen LogP) is 3.77. The van der Waals surface area contributed by atoms with Crippen molar-refractivity contribution < 1.29 is 0 Å². The standard InChI is InChI=1S/C11H12N2S.C2H6/c1-8-4-3-5-10(6-8)7-11-13-12-9(2)14-11;1-2/h3-6H,7H2,1-2H3;1-2H3. The van der Waals surface area contributed by atoms with Crippen LogP contribution in [0.15, 0.2) is 24.3 Å². The van der Waals surface area contributed by atoms with Crippen LogP contribution in [0.3, 0.4) is 0 Å². The Hall–Kier alpha value is -1.22. The first-order chi connectivity index (χ1) is 7.74. The van der Waals surface area contributed by atoms with Gasteiger partial charge in [0.25, 0.3) is 0 Å². The maximum Gasteiger partial charge on any atom is 0.121 e. The van der Waals surface area contributed by atoms with Crippen molar-refractivity contribution in [1.82, 2.24) is 10.2 Å². The molecule has 1 heterocycles. The molecule has 16 heavy (non-hydrogen) atoms. The monoisotopic (exact) mass is 234 g/mol. The number of nitrogens with zero attached hydrogens (tertiary/aromatic N) is 2. The van der Waals surface area contributed by atoms with Crippen molar-refractivity contribution in [2.45, 2.75) is 34.1 Å². The summed E-state index contributed by atoms with van der Waals surface area (Å²) in [6.07, 6.45) is 0.896. The Kier molecular flexibility index (Phi) is 5.12. The van der Waals surface area contributed by atoms with E-state index in [0.29, 0.717) is 0 Å². The molecule has 0 spiro atoms. The van der Waals surface area contributed by atoms with Crippen molar-refractivity contribution in [3.8, 4) is 0 Å². The van der Waals surface area contributed by atoms with Crippen molar-refractivity contribution >= 4 is 11.3 Å². The van der Waals surface area contributed by atoms with Gasteiger partial charge in [0.15, 0.2) is 0 Å². The smallest absolute Gasteiger partial charge is 0.121 e. The zero-order valence-electron chi connectivity index (χ0n) is 10.3. The van der Waals surface area contributed by atoms with Crippen LogP contribution in [-0.4, -0.2) is 10.2 Å². The van der Waals surface area contributed by atoms with Gasteiger partial charge in [0, 0.05) is 6.42 Å². The molecule has 0 radical (unpaired) electrons. The molecule has 0 saturated heterocycles. The van der Waals surface area contributed by atoms with E-state index in [1.165, 1.54) is 11.1 Å². The molecule has 0 bridgehead atoms. The van der Waals surface area contributed by atoms with Crippen LogP contribution in [0.2, 0.25) is 0 Å². The third-order valence-corrected chi connectivity index (χ3v) is 2.84. The molecule has 2 rings (SSSR count). The molecule has 0 fully saturated rings. The second-order valence-corrected chi connectivity index (χ2v) is 4.65. The van der Waals surface area contributed by atoms with Gasteiger partial charge in [-0.25, -0.2) is 0 Å². The lowest BCUT2D eigenvalue weighted by Crippen LogP contribution is -1.87. The van der Waals surface area contributed by atoms with Gasteiger partial charge in [0.1, 0.15) is 10.0 Å². The van der Waals surface area contributed by atoms with Crippen LogP contribution >= 0.6 is 11.3 Å². The molecule has 1 aromatic heterocycles. The van der Waals surface area contributed by atoms with Gasteiger partial charge in [-0.05, 0) is 19.4 Å². The highest BCUT2D eigenvalue weighted by molar-refractivity contribution is 7.11. The highest BCUT2D eigenvalue weighted by atomic mass is 32.1. The predicted molar refractivity (Wildman–Crippen MR) is 70.0 cm³/mol. The molecule has 0 N–H and O–H groups in total. The molecule has 0 atom stereocenters. The van der Waals surface area contributed by atoms with E-state index in [-0.39, 0.29) is 0 Å². The fourth-order valence-corrected chi connectivity index (χ4v) is 2.15. The topological polar surface area (TPSA) is 25.8 Å². The number of aryl methyl sites for hydroxylation is 2. The Morgan fingerprint density at radius 2 is 1.88 bits per heavy atom. The van der Waals surface area contributed by atoms with Crippen molar-refractivity contribution in [2.24, 2.45) is 0 Å². The maximum atomic E-state index is 4.11. The molecule has 86 valence electrons. The molecule has 0 aliphatic heterocycles. The van der Waals surface area contributed by atoms with Crippen molar-refractivity contribution in [2.75, 3.05) is 0 Å². The summed E-state index contributed by atoms with van der Waals surface area (Å²) < 4.78 is 0. The fraction of sp³-hybridized carbons (Fsp3) is 0.385. The summed E-state index contributed by atoms with van der Waals surface area (Å²) >= 11 is 1.67. The summed E-state index contributed by atoms with van der Waals surface area (Å²) in [5.41, 5.74) is 2.60. The van der Waals surface area contributed by atoms with E-state index in [1.807, 2.05) is 20.8 Å². The van der Waals surface area contributed by atoms with E-state index in [1.54, 1.807) is 11.3 Å². The average Bonchev–Trinajstić information content (AvgIpc) is 2.67. The number of rotatable bonds is 2. The summed E-state index contributed by atoms with van der Waals surface area (Å²) in [7, 11) is 0. The van der Waals surface area contributed by atoms with Gasteiger partial charge >= 0.3 is 0 Å². The molecule has 0 aliphatic rings. The van der Waals surface area contributed by atoms with Crippen LogP contribution in [0.1, 0.15) is 35.0 Å². The van der Waals surface area contributed by atoms with E-state index in [2.05, 4.69) is 41.4 Å². The van der Waals surface area contributed by atoms with Crippen LogP contribution in [-0.2, 0) is 6.42 Å². The molecule has 3 heteroatoms. The number of hydrogen-bond acceptors (Lipinski definition) is 3.